The van der Waals surface area contributed by atoms with Crippen molar-refractivity contribution in [1.29, 1.82) is 0 Å². The first-order valence-corrected chi connectivity index (χ1v) is 9.20. The number of aryl methyl sites for hydroxylation is 1. The number of benzene rings is 2. The number of nitrogens with two attached hydrogens (primary N) is 1. The van der Waals surface area contributed by atoms with Crippen molar-refractivity contribution >= 4 is 11.8 Å². The lowest BCUT2D eigenvalue weighted by Crippen LogP contribution is -2.24. The third kappa shape index (κ3) is 4.59. The van der Waals surface area contributed by atoms with Gasteiger partial charge in [0.2, 0.25) is 5.95 Å². The third-order valence-electron chi connectivity index (χ3n) is 4.77. The van der Waals surface area contributed by atoms with Crippen LogP contribution in [0.15, 0.2) is 54.6 Å². The number of alkyl halides is 3. The number of hydrogen-bond donors (Lipinski definition) is 1. The number of hydrogen-bond acceptors (Lipinski definition) is 5. The van der Waals surface area contributed by atoms with E-state index in [-0.39, 0.29) is 11.7 Å². The Morgan fingerprint density at radius 1 is 0.966 bits per heavy atom. The maximum absolute atomic E-state index is 12.5. The zero-order chi connectivity index (χ0) is 20.4. The number of nitrogen functional groups attached to an aromatic ring is 1. The quantitative estimate of drug-likeness (QED) is 0.697. The van der Waals surface area contributed by atoms with Crippen LogP contribution in [0.2, 0.25) is 0 Å². The van der Waals surface area contributed by atoms with Crippen molar-refractivity contribution in [2.75, 3.05) is 17.2 Å². The number of ether oxygens (including phenoxy) is 1. The van der Waals surface area contributed by atoms with E-state index in [2.05, 4.69) is 31.7 Å². The zero-order valence-electron chi connectivity index (χ0n) is 15.5. The molecular weight excluding hydrogens is 381 g/mol. The van der Waals surface area contributed by atoms with Gasteiger partial charge in [-0.1, -0.05) is 36.4 Å². The molecule has 4 rings (SSSR count). The van der Waals surface area contributed by atoms with Gasteiger partial charge in [-0.3, -0.25) is 0 Å². The highest BCUT2D eigenvalue weighted by atomic mass is 19.4. The summed E-state index contributed by atoms with van der Waals surface area (Å²) in [7, 11) is 0. The summed E-state index contributed by atoms with van der Waals surface area (Å²) in [5, 5.41) is 0. The van der Waals surface area contributed by atoms with Crippen molar-refractivity contribution in [2.45, 2.75) is 25.7 Å². The fourth-order valence-corrected chi connectivity index (χ4v) is 3.51. The highest BCUT2D eigenvalue weighted by Crippen LogP contribution is 2.30. The summed E-state index contributed by atoms with van der Waals surface area (Å²) in [4.78, 5) is 10.7. The molecule has 1 aliphatic rings. The number of aromatic nitrogens is 2. The van der Waals surface area contributed by atoms with Gasteiger partial charge in [0.1, 0.15) is 11.6 Å². The Hall–Kier alpha value is -3.29. The van der Waals surface area contributed by atoms with Crippen LogP contribution >= 0.6 is 0 Å². The summed E-state index contributed by atoms with van der Waals surface area (Å²) in [6.07, 6.45) is -2.81. The molecule has 0 aliphatic carbocycles. The molecule has 3 aromatic rings. The van der Waals surface area contributed by atoms with E-state index in [0.29, 0.717) is 23.6 Å². The molecule has 1 aromatic heterocycles. The van der Waals surface area contributed by atoms with Gasteiger partial charge in [0.25, 0.3) is 0 Å². The van der Waals surface area contributed by atoms with Crippen LogP contribution in [-0.2, 0) is 13.0 Å². The Labute approximate surface area is 166 Å². The minimum absolute atomic E-state index is 0.0668. The van der Waals surface area contributed by atoms with Crippen LogP contribution in [0.1, 0.15) is 17.5 Å². The van der Waals surface area contributed by atoms with Crippen molar-refractivity contribution in [2.24, 2.45) is 0 Å². The molecule has 5 nitrogen and oxygen atoms in total. The van der Waals surface area contributed by atoms with E-state index in [1.165, 1.54) is 29.3 Å². The predicted molar refractivity (Wildman–Crippen MR) is 104 cm³/mol. The molecule has 0 bridgehead atoms. The van der Waals surface area contributed by atoms with Crippen LogP contribution in [0.4, 0.5) is 24.9 Å². The first-order valence-electron chi connectivity index (χ1n) is 9.20. The fourth-order valence-electron chi connectivity index (χ4n) is 3.51. The molecule has 0 saturated carbocycles. The average Bonchev–Trinajstić information content (AvgIpc) is 2.89. The maximum Gasteiger partial charge on any atom is 0.573 e. The van der Waals surface area contributed by atoms with Crippen LogP contribution in [0.25, 0.3) is 11.3 Å². The van der Waals surface area contributed by atoms with Crippen LogP contribution in [0, 0.1) is 0 Å². The highest BCUT2D eigenvalue weighted by Gasteiger charge is 2.31. The fraction of sp³-hybridized carbons (Fsp3) is 0.238. The topological polar surface area (TPSA) is 64.3 Å². The molecule has 0 amide bonds. The largest absolute Gasteiger partial charge is 0.573 e. The van der Waals surface area contributed by atoms with Crippen LogP contribution in [0.5, 0.6) is 5.75 Å². The first kappa shape index (κ1) is 19.0. The van der Waals surface area contributed by atoms with Crippen molar-refractivity contribution < 1.29 is 17.9 Å². The molecule has 0 radical (unpaired) electrons. The SMILES string of the molecule is Nc1nc(-c2cccc(OC(F)(F)F)c2)cc(N2CCCc3ccccc3C2)n1. The molecule has 2 aromatic carbocycles. The van der Waals surface area contributed by atoms with Gasteiger partial charge in [0.15, 0.2) is 0 Å². The monoisotopic (exact) mass is 400 g/mol. The van der Waals surface area contributed by atoms with Gasteiger partial charge in [-0.15, -0.1) is 13.2 Å². The van der Waals surface area contributed by atoms with E-state index in [4.69, 9.17) is 5.73 Å². The lowest BCUT2D eigenvalue weighted by Gasteiger charge is -2.22. The van der Waals surface area contributed by atoms with Gasteiger partial charge in [0.05, 0.1) is 5.69 Å². The summed E-state index contributed by atoms with van der Waals surface area (Å²) >= 11 is 0. The number of halogens is 3. The minimum Gasteiger partial charge on any atom is -0.406 e. The van der Waals surface area contributed by atoms with Gasteiger partial charge < -0.3 is 15.4 Å². The number of anilines is 2. The normalized spacial score (nSPS) is 14.2. The predicted octanol–water partition coefficient (Wildman–Crippen LogP) is 4.58. The number of nitrogens with zero attached hydrogens (tertiary/aromatic N) is 3. The molecule has 29 heavy (non-hydrogen) atoms. The number of rotatable bonds is 3. The Kier molecular flexibility index (Phi) is 5.00. The lowest BCUT2D eigenvalue weighted by atomic mass is 10.0. The summed E-state index contributed by atoms with van der Waals surface area (Å²) < 4.78 is 41.6. The molecule has 0 saturated heterocycles. The van der Waals surface area contributed by atoms with Crippen molar-refractivity contribution in [3.63, 3.8) is 0 Å². The lowest BCUT2D eigenvalue weighted by molar-refractivity contribution is -0.274. The van der Waals surface area contributed by atoms with E-state index < -0.39 is 6.36 Å². The molecule has 0 fully saturated rings. The standard InChI is InChI=1S/C21H19F3N4O/c22-21(23,24)29-17-9-3-7-15(11-17)18-12-19(27-20(25)26-18)28-10-4-8-14-5-1-2-6-16(14)13-28/h1-3,5-7,9,11-12H,4,8,10,13H2,(H2,25,26,27). The summed E-state index contributed by atoms with van der Waals surface area (Å²) in [5.74, 6) is 0.404. The van der Waals surface area contributed by atoms with Crippen LogP contribution < -0.4 is 15.4 Å². The second kappa shape index (κ2) is 7.62. The number of fused-ring (bicyclic) bond motifs is 1. The molecule has 150 valence electrons. The Morgan fingerprint density at radius 2 is 1.76 bits per heavy atom. The van der Waals surface area contributed by atoms with Crippen LogP contribution in [-0.4, -0.2) is 22.9 Å². The van der Waals surface area contributed by atoms with Gasteiger partial charge in [0, 0.05) is 24.7 Å². The summed E-state index contributed by atoms with van der Waals surface area (Å²) in [6, 6.07) is 15.7. The van der Waals surface area contributed by atoms with E-state index >= 15 is 0 Å². The highest BCUT2D eigenvalue weighted by molar-refractivity contribution is 5.66. The Balaban J connectivity index is 1.66. The van der Waals surface area contributed by atoms with Gasteiger partial charge in [-0.25, -0.2) is 4.98 Å². The summed E-state index contributed by atoms with van der Waals surface area (Å²) in [5.41, 5.74) is 9.37. The Bertz CT molecular complexity index is 1020. The van der Waals surface area contributed by atoms with Gasteiger partial charge >= 0.3 is 6.36 Å². The molecular formula is C21H19F3N4O. The second-order valence-electron chi connectivity index (χ2n) is 6.84. The van der Waals surface area contributed by atoms with E-state index in [1.54, 1.807) is 12.1 Å². The first-order chi connectivity index (χ1) is 13.9. The Morgan fingerprint density at radius 3 is 2.55 bits per heavy atom. The molecule has 2 heterocycles. The zero-order valence-corrected chi connectivity index (χ0v) is 15.5. The van der Waals surface area contributed by atoms with Crippen molar-refractivity contribution in [3.8, 4) is 17.0 Å². The molecule has 0 spiro atoms. The molecule has 0 unspecified atom stereocenters. The van der Waals surface area contributed by atoms with Crippen molar-refractivity contribution in [1.82, 2.24) is 9.97 Å². The molecule has 2 N–H and O–H groups in total. The molecule has 1 aliphatic heterocycles. The average molecular weight is 400 g/mol. The smallest absolute Gasteiger partial charge is 0.406 e. The van der Waals surface area contributed by atoms with E-state index in [0.717, 1.165) is 19.4 Å². The maximum atomic E-state index is 12.5. The van der Waals surface area contributed by atoms with Gasteiger partial charge in [-0.05, 0) is 36.1 Å². The second-order valence-corrected chi connectivity index (χ2v) is 6.84. The summed E-state index contributed by atoms with van der Waals surface area (Å²) in [6.45, 7) is 1.48. The van der Waals surface area contributed by atoms with Crippen molar-refractivity contribution in [3.05, 3.63) is 65.7 Å². The van der Waals surface area contributed by atoms with E-state index in [1.807, 2.05) is 12.1 Å². The third-order valence-corrected chi connectivity index (χ3v) is 4.77. The minimum atomic E-state index is -4.76. The van der Waals surface area contributed by atoms with Gasteiger partial charge in [-0.2, -0.15) is 4.98 Å². The van der Waals surface area contributed by atoms with Crippen LogP contribution in [0.3, 0.4) is 0 Å². The molecule has 0 atom stereocenters. The molecule has 8 heteroatoms. The van der Waals surface area contributed by atoms with E-state index in [9.17, 15) is 13.2 Å².